The molecule has 17 heavy (non-hydrogen) atoms. The summed E-state index contributed by atoms with van der Waals surface area (Å²) in [7, 11) is 0. The molecule has 0 heterocycles. The molecule has 94 valence electrons. The van der Waals surface area contributed by atoms with Gasteiger partial charge >= 0.3 is 5.97 Å². The van der Waals surface area contributed by atoms with Crippen molar-refractivity contribution in [1.82, 2.24) is 0 Å². The minimum atomic E-state index is -0.965. The average molecular weight is 254 g/mol. The fourth-order valence-corrected chi connectivity index (χ4v) is 1.45. The van der Waals surface area contributed by atoms with E-state index in [-0.39, 0.29) is 10.3 Å². The van der Waals surface area contributed by atoms with Gasteiger partial charge in [-0.3, -0.25) is 0 Å². The number of aromatic carboxylic acids is 1. The van der Waals surface area contributed by atoms with Crippen molar-refractivity contribution in [3.63, 3.8) is 0 Å². The lowest BCUT2D eigenvalue weighted by Crippen LogP contribution is -2.26. The quantitative estimate of drug-likeness (QED) is 0.704. The second-order valence-electron chi connectivity index (χ2n) is 4.42. The maximum atomic E-state index is 10.7. The van der Waals surface area contributed by atoms with Gasteiger partial charge in [-0.25, -0.2) is 4.79 Å². The van der Waals surface area contributed by atoms with Crippen molar-refractivity contribution in [2.75, 3.05) is 23.9 Å². The fraction of sp³-hybridized carbons (Fsp3) is 0.417. The maximum Gasteiger partial charge on any atom is 0.335 e. The predicted octanol–water partition coefficient (Wildman–Crippen LogP) is 2.52. The van der Waals surface area contributed by atoms with Gasteiger partial charge in [0.2, 0.25) is 0 Å². The van der Waals surface area contributed by atoms with Crippen LogP contribution in [0.25, 0.3) is 0 Å². The molecule has 0 bridgehead atoms. The van der Waals surface area contributed by atoms with Gasteiger partial charge in [-0.05, 0) is 38.3 Å². The summed E-state index contributed by atoms with van der Waals surface area (Å²) in [6.07, 6.45) is 2.05. The standard InChI is InChI=1S/C12H18N2O2S/c1-12(2,17-3)7-14-10-5-4-8(11(15)16)6-9(10)13/h4-6,14H,7,13H2,1-3H3,(H,15,16). The largest absolute Gasteiger partial charge is 0.478 e. The second-order valence-corrected chi connectivity index (χ2v) is 5.94. The molecule has 0 aliphatic heterocycles. The summed E-state index contributed by atoms with van der Waals surface area (Å²) in [5, 5.41) is 12.0. The molecule has 0 spiro atoms. The number of carboxylic acid groups (broad SMARTS) is 1. The Bertz CT molecular complexity index is 419. The molecular formula is C12H18N2O2S. The molecule has 0 saturated carbocycles. The van der Waals surface area contributed by atoms with Crippen LogP contribution in [0.3, 0.4) is 0 Å². The molecule has 4 N–H and O–H groups in total. The van der Waals surface area contributed by atoms with E-state index in [4.69, 9.17) is 10.8 Å². The Morgan fingerprint density at radius 3 is 2.65 bits per heavy atom. The average Bonchev–Trinajstić information content (AvgIpc) is 2.27. The molecule has 1 rings (SSSR count). The van der Waals surface area contributed by atoms with Crippen LogP contribution in [0.1, 0.15) is 24.2 Å². The first-order valence-corrected chi connectivity index (χ1v) is 6.50. The van der Waals surface area contributed by atoms with Crippen molar-refractivity contribution in [3.8, 4) is 0 Å². The lowest BCUT2D eigenvalue weighted by Gasteiger charge is -2.23. The summed E-state index contributed by atoms with van der Waals surface area (Å²) in [5.41, 5.74) is 7.24. The molecule has 0 unspecified atom stereocenters. The van der Waals surface area contributed by atoms with Crippen molar-refractivity contribution >= 4 is 29.1 Å². The Morgan fingerprint density at radius 2 is 2.18 bits per heavy atom. The number of benzene rings is 1. The van der Waals surface area contributed by atoms with Crippen LogP contribution in [0.15, 0.2) is 18.2 Å². The van der Waals surface area contributed by atoms with Crippen LogP contribution < -0.4 is 11.1 Å². The third kappa shape index (κ3) is 3.85. The topological polar surface area (TPSA) is 75.3 Å². The highest BCUT2D eigenvalue weighted by molar-refractivity contribution is 7.99. The first-order valence-electron chi connectivity index (χ1n) is 5.27. The molecule has 0 aliphatic rings. The highest BCUT2D eigenvalue weighted by Gasteiger charge is 2.16. The van der Waals surface area contributed by atoms with Gasteiger partial charge in [0.15, 0.2) is 0 Å². The van der Waals surface area contributed by atoms with Gasteiger partial charge in [0.1, 0.15) is 0 Å². The number of nitrogens with two attached hydrogens (primary N) is 1. The molecule has 5 heteroatoms. The zero-order valence-electron chi connectivity index (χ0n) is 10.3. The predicted molar refractivity (Wildman–Crippen MR) is 73.9 cm³/mol. The Kier molecular flexibility index (Phi) is 4.28. The molecular weight excluding hydrogens is 236 g/mol. The van der Waals surface area contributed by atoms with Crippen molar-refractivity contribution in [2.24, 2.45) is 0 Å². The molecule has 0 fully saturated rings. The lowest BCUT2D eigenvalue weighted by molar-refractivity contribution is 0.0697. The van der Waals surface area contributed by atoms with Crippen molar-refractivity contribution in [2.45, 2.75) is 18.6 Å². The number of rotatable bonds is 5. The SMILES string of the molecule is CSC(C)(C)CNc1ccc(C(=O)O)cc1N. The highest BCUT2D eigenvalue weighted by atomic mass is 32.2. The Morgan fingerprint density at radius 1 is 1.53 bits per heavy atom. The minimum Gasteiger partial charge on any atom is -0.478 e. The highest BCUT2D eigenvalue weighted by Crippen LogP contribution is 2.25. The number of nitrogens with one attached hydrogen (secondary N) is 1. The summed E-state index contributed by atoms with van der Waals surface area (Å²) in [6.45, 7) is 5.03. The fourth-order valence-electron chi connectivity index (χ4n) is 1.24. The Balaban J connectivity index is 2.77. The zero-order valence-corrected chi connectivity index (χ0v) is 11.1. The number of thioether (sulfide) groups is 1. The van der Waals surface area contributed by atoms with Crippen LogP contribution in [0, 0.1) is 0 Å². The Hall–Kier alpha value is -1.36. The lowest BCUT2D eigenvalue weighted by atomic mass is 10.1. The first kappa shape index (κ1) is 13.7. The smallest absolute Gasteiger partial charge is 0.335 e. The molecule has 0 amide bonds. The number of anilines is 2. The summed E-state index contributed by atoms with van der Waals surface area (Å²) >= 11 is 1.76. The van der Waals surface area contributed by atoms with Crippen LogP contribution in [-0.4, -0.2) is 28.6 Å². The van der Waals surface area contributed by atoms with Crippen LogP contribution in [0.2, 0.25) is 0 Å². The van der Waals surface area contributed by atoms with Crippen molar-refractivity contribution in [1.29, 1.82) is 0 Å². The third-order valence-electron chi connectivity index (χ3n) is 2.56. The van der Waals surface area contributed by atoms with Gasteiger partial charge < -0.3 is 16.2 Å². The van der Waals surface area contributed by atoms with Gasteiger partial charge in [-0.15, -0.1) is 0 Å². The Labute approximate surface area is 106 Å². The first-order chi connectivity index (χ1) is 7.85. The molecule has 0 aliphatic carbocycles. The summed E-state index contributed by atoms with van der Waals surface area (Å²) in [5.74, 6) is -0.965. The van der Waals surface area contributed by atoms with E-state index >= 15 is 0 Å². The van der Waals surface area contributed by atoms with E-state index in [9.17, 15) is 4.79 Å². The summed E-state index contributed by atoms with van der Waals surface area (Å²) < 4.78 is 0.109. The van der Waals surface area contributed by atoms with Crippen LogP contribution >= 0.6 is 11.8 Å². The van der Waals surface area contributed by atoms with E-state index in [1.807, 2.05) is 0 Å². The molecule has 0 saturated heterocycles. The summed E-state index contributed by atoms with van der Waals surface area (Å²) in [6, 6.07) is 4.72. The van der Waals surface area contributed by atoms with E-state index in [0.29, 0.717) is 5.69 Å². The number of hydrogen-bond donors (Lipinski definition) is 3. The van der Waals surface area contributed by atoms with E-state index in [2.05, 4.69) is 25.4 Å². The van der Waals surface area contributed by atoms with E-state index in [0.717, 1.165) is 12.2 Å². The van der Waals surface area contributed by atoms with Crippen LogP contribution in [0.4, 0.5) is 11.4 Å². The van der Waals surface area contributed by atoms with Gasteiger partial charge in [-0.1, -0.05) is 0 Å². The molecule has 1 aromatic carbocycles. The number of nitrogen functional groups attached to an aromatic ring is 1. The molecule has 0 aromatic heterocycles. The summed E-state index contributed by atoms with van der Waals surface area (Å²) in [4.78, 5) is 10.7. The second kappa shape index (κ2) is 5.31. The molecule has 0 radical (unpaired) electrons. The molecule has 4 nitrogen and oxygen atoms in total. The van der Waals surface area contributed by atoms with E-state index < -0.39 is 5.97 Å². The maximum absolute atomic E-state index is 10.7. The van der Waals surface area contributed by atoms with E-state index in [1.54, 1.807) is 23.9 Å². The normalized spacial score (nSPS) is 11.2. The number of carbonyl (C=O) groups is 1. The van der Waals surface area contributed by atoms with E-state index in [1.165, 1.54) is 6.07 Å². The van der Waals surface area contributed by atoms with Gasteiger partial charge in [0, 0.05) is 11.3 Å². The monoisotopic (exact) mass is 254 g/mol. The molecule has 0 atom stereocenters. The van der Waals surface area contributed by atoms with Gasteiger partial charge in [0.05, 0.1) is 16.9 Å². The van der Waals surface area contributed by atoms with Gasteiger partial charge in [0.25, 0.3) is 0 Å². The minimum absolute atomic E-state index is 0.109. The van der Waals surface area contributed by atoms with Crippen molar-refractivity contribution < 1.29 is 9.90 Å². The van der Waals surface area contributed by atoms with Crippen molar-refractivity contribution in [3.05, 3.63) is 23.8 Å². The van der Waals surface area contributed by atoms with Crippen LogP contribution in [0.5, 0.6) is 0 Å². The zero-order chi connectivity index (χ0) is 13.1. The van der Waals surface area contributed by atoms with Crippen LogP contribution in [-0.2, 0) is 0 Å². The third-order valence-corrected chi connectivity index (χ3v) is 3.81. The number of carboxylic acids is 1. The van der Waals surface area contributed by atoms with Gasteiger partial charge in [-0.2, -0.15) is 11.8 Å². The molecule has 1 aromatic rings. The number of hydrogen-bond acceptors (Lipinski definition) is 4.